The largest absolute Gasteiger partial charge is 0.495 e. The Morgan fingerprint density at radius 1 is 1.13 bits per heavy atom. The Morgan fingerprint density at radius 3 is 2.57 bits per heavy atom. The summed E-state index contributed by atoms with van der Waals surface area (Å²) >= 11 is 12.2. The average molecular weight is 451 g/mol. The van der Waals surface area contributed by atoms with Crippen molar-refractivity contribution in [2.45, 2.75) is 6.92 Å². The lowest BCUT2D eigenvalue weighted by molar-refractivity contribution is -0.135. The lowest BCUT2D eigenvalue weighted by Gasteiger charge is -2.37. The van der Waals surface area contributed by atoms with Gasteiger partial charge in [0.25, 0.3) is 0 Å². The second-order valence-corrected chi connectivity index (χ2v) is 7.38. The number of hydrogen-bond donors (Lipinski definition) is 1. The van der Waals surface area contributed by atoms with Gasteiger partial charge in [-0.25, -0.2) is 4.79 Å². The Bertz CT molecular complexity index is 915. The van der Waals surface area contributed by atoms with Crippen LogP contribution in [0, 0.1) is 0 Å². The summed E-state index contributed by atoms with van der Waals surface area (Å²) in [6.07, 6.45) is 0. The van der Waals surface area contributed by atoms with Crippen molar-refractivity contribution in [3.63, 3.8) is 0 Å². The Balaban J connectivity index is 1.75. The molecule has 0 saturated carbocycles. The number of amidine groups is 1. The molecule has 30 heavy (non-hydrogen) atoms. The van der Waals surface area contributed by atoms with E-state index >= 15 is 0 Å². The Kier molecular flexibility index (Phi) is 7.65. The number of nitrogens with zero attached hydrogens (tertiary/aromatic N) is 3. The first kappa shape index (κ1) is 22.1. The SMILES string of the molecule is CCOC(=O)C(=NNc1cc(Cl)ccc1Cl)N1CCN(c2ccccc2OC)CC1. The van der Waals surface area contributed by atoms with Crippen LogP contribution < -0.4 is 15.1 Å². The number of ether oxygens (including phenoxy) is 2. The predicted octanol–water partition coefficient (Wildman–Crippen LogP) is 4.11. The zero-order valence-corrected chi connectivity index (χ0v) is 18.4. The lowest BCUT2D eigenvalue weighted by atomic mass is 10.2. The van der Waals surface area contributed by atoms with Gasteiger partial charge >= 0.3 is 5.97 Å². The van der Waals surface area contributed by atoms with E-state index in [0.717, 1.165) is 11.4 Å². The van der Waals surface area contributed by atoms with Crippen LogP contribution in [0.3, 0.4) is 0 Å². The molecule has 2 aromatic carbocycles. The predicted molar refractivity (Wildman–Crippen MR) is 121 cm³/mol. The maximum absolute atomic E-state index is 12.5. The fraction of sp³-hybridized carbons (Fsp3) is 0.333. The number of para-hydroxylation sites is 2. The van der Waals surface area contributed by atoms with Gasteiger partial charge in [-0.1, -0.05) is 35.3 Å². The normalized spacial score (nSPS) is 14.5. The van der Waals surface area contributed by atoms with Gasteiger partial charge in [0.2, 0.25) is 5.84 Å². The minimum atomic E-state index is -0.492. The van der Waals surface area contributed by atoms with E-state index in [1.165, 1.54) is 0 Å². The second kappa shape index (κ2) is 10.4. The molecular formula is C21H24Cl2N4O3. The molecule has 1 fully saturated rings. The van der Waals surface area contributed by atoms with Crippen LogP contribution in [0.15, 0.2) is 47.6 Å². The summed E-state index contributed by atoms with van der Waals surface area (Å²) in [7, 11) is 1.66. The van der Waals surface area contributed by atoms with E-state index in [1.807, 2.05) is 29.2 Å². The summed E-state index contributed by atoms with van der Waals surface area (Å²) < 4.78 is 10.7. The number of nitrogens with one attached hydrogen (secondary N) is 1. The first-order chi connectivity index (χ1) is 14.5. The summed E-state index contributed by atoms with van der Waals surface area (Å²) in [5.74, 6) is 0.531. The average Bonchev–Trinajstić information content (AvgIpc) is 2.77. The third-order valence-corrected chi connectivity index (χ3v) is 5.24. The summed E-state index contributed by atoms with van der Waals surface area (Å²) in [6.45, 7) is 4.63. The first-order valence-corrected chi connectivity index (χ1v) is 10.4. The molecule has 0 aliphatic carbocycles. The molecule has 3 rings (SSSR count). The van der Waals surface area contributed by atoms with Crippen molar-refractivity contribution >= 4 is 46.4 Å². The van der Waals surface area contributed by atoms with E-state index in [2.05, 4.69) is 15.4 Å². The Hall–Kier alpha value is -2.64. The number of halogens is 2. The molecular weight excluding hydrogens is 427 g/mol. The number of esters is 1. The van der Waals surface area contributed by atoms with E-state index in [9.17, 15) is 4.79 Å². The van der Waals surface area contributed by atoms with Crippen LogP contribution in [0.4, 0.5) is 11.4 Å². The number of piperazine rings is 1. The molecule has 1 saturated heterocycles. The molecule has 1 aliphatic heterocycles. The molecule has 2 aromatic rings. The van der Waals surface area contributed by atoms with Crippen LogP contribution >= 0.6 is 23.2 Å². The van der Waals surface area contributed by atoms with Gasteiger partial charge in [0.15, 0.2) is 0 Å². The number of carbonyl (C=O) groups excluding carboxylic acids is 1. The molecule has 1 heterocycles. The number of benzene rings is 2. The van der Waals surface area contributed by atoms with Gasteiger partial charge in [-0.15, -0.1) is 5.10 Å². The number of hydrazone groups is 1. The van der Waals surface area contributed by atoms with Gasteiger partial charge in [0.1, 0.15) is 5.75 Å². The van der Waals surface area contributed by atoms with Crippen LogP contribution in [0.25, 0.3) is 0 Å². The van der Waals surface area contributed by atoms with E-state index in [1.54, 1.807) is 32.2 Å². The minimum Gasteiger partial charge on any atom is -0.495 e. The monoisotopic (exact) mass is 450 g/mol. The topological polar surface area (TPSA) is 66.4 Å². The van der Waals surface area contributed by atoms with Crippen molar-refractivity contribution in [1.29, 1.82) is 0 Å². The Morgan fingerprint density at radius 2 is 1.87 bits per heavy atom. The molecule has 1 N–H and O–H groups in total. The van der Waals surface area contributed by atoms with E-state index < -0.39 is 5.97 Å². The van der Waals surface area contributed by atoms with Crippen LogP contribution in [0.2, 0.25) is 10.0 Å². The molecule has 7 nitrogen and oxygen atoms in total. The fourth-order valence-corrected chi connectivity index (χ4v) is 3.52. The highest BCUT2D eigenvalue weighted by Gasteiger charge is 2.26. The van der Waals surface area contributed by atoms with Crippen LogP contribution in [0.5, 0.6) is 5.75 Å². The fourth-order valence-electron chi connectivity index (χ4n) is 3.19. The standard InChI is InChI=1S/C21H24Cl2N4O3/c1-3-30-21(28)20(25-24-17-14-15(22)8-9-16(17)23)27-12-10-26(11-13-27)18-6-4-5-7-19(18)29-2/h4-9,14,24H,3,10-13H2,1-2H3. The molecule has 0 unspecified atom stereocenters. The van der Waals surface area contributed by atoms with Gasteiger partial charge in [0.05, 0.1) is 30.1 Å². The quantitative estimate of drug-likeness (QED) is 0.320. The molecule has 0 radical (unpaired) electrons. The van der Waals surface area contributed by atoms with Gasteiger partial charge in [0, 0.05) is 31.2 Å². The molecule has 0 amide bonds. The zero-order valence-electron chi connectivity index (χ0n) is 16.9. The summed E-state index contributed by atoms with van der Waals surface area (Å²) in [5, 5.41) is 5.27. The number of carbonyl (C=O) groups is 1. The van der Waals surface area contributed by atoms with Crippen LogP contribution in [0.1, 0.15) is 6.92 Å². The maximum atomic E-state index is 12.5. The van der Waals surface area contributed by atoms with E-state index in [0.29, 0.717) is 41.9 Å². The molecule has 0 spiro atoms. The van der Waals surface area contributed by atoms with E-state index in [4.69, 9.17) is 32.7 Å². The van der Waals surface area contributed by atoms with Crippen LogP contribution in [-0.2, 0) is 9.53 Å². The molecule has 0 aromatic heterocycles. The summed E-state index contributed by atoms with van der Waals surface area (Å²) in [5.41, 5.74) is 4.39. The van der Waals surface area contributed by atoms with Gasteiger partial charge in [-0.3, -0.25) is 5.43 Å². The number of hydrogen-bond acceptors (Lipinski definition) is 6. The summed E-state index contributed by atoms with van der Waals surface area (Å²) in [4.78, 5) is 16.7. The molecule has 0 atom stereocenters. The molecule has 9 heteroatoms. The van der Waals surface area contributed by atoms with Crippen molar-refractivity contribution in [2.75, 3.05) is 50.2 Å². The first-order valence-electron chi connectivity index (χ1n) is 9.62. The molecule has 160 valence electrons. The van der Waals surface area contributed by atoms with E-state index in [-0.39, 0.29) is 12.4 Å². The lowest BCUT2D eigenvalue weighted by Crippen LogP contribution is -2.51. The van der Waals surface area contributed by atoms with Gasteiger partial charge in [-0.05, 0) is 37.3 Å². The highest BCUT2D eigenvalue weighted by atomic mass is 35.5. The smallest absolute Gasteiger partial charge is 0.375 e. The number of anilines is 2. The molecule has 0 bridgehead atoms. The Labute approximate surface area is 186 Å². The third-order valence-electron chi connectivity index (χ3n) is 4.67. The van der Waals surface area contributed by atoms with Crippen molar-refractivity contribution in [2.24, 2.45) is 5.10 Å². The van der Waals surface area contributed by atoms with Crippen LogP contribution in [-0.4, -0.2) is 56.6 Å². The second-order valence-electron chi connectivity index (χ2n) is 6.54. The van der Waals surface area contributed by atoms with Gasteiger partial charge in [-0.2, -0.15) is 0 Å². The van der Waals surface area contributed by atoms with Gasteiger partial charge < -0.3 is 19.3 Å². The van der Waals surface area contributed by atoms with Crippen molar-refractivity contribution < 1.29 is 14.3 Å². The highest BCUT2D eigenvalue weighted by Crippen LogP contribution is 2.29. The zero-order chi connectivity index (χ0) is 21.5. The molecule has 1 aliphatic rings. The minimum absolute atomic E-state index is 0.201. The highest BCUT2D eigenvalue weighted by molar-refractivity contribution is 6.36. The maximum Gasteiger partial charge on any atom is 0.375 e. The summed E-state index contributed by atoms with van der Waals surface area (Å²) in [6, 6.07) is 12.9. The third kappa shape index (κ3) is 5.29. The number of methoxy groups -OCH3 is 1. The van der Waals surface area contributed by atoms with Crippen molar-refractivity contribution in [3.8, 4) is 5.75 Å². The van der Waals surface area contributed by atoms with Crippen molar-refractivity contribution in [3.05, 3.63) is 52.5 Å². The van der Waals surface area contributed by atoms with Crippen molar-refractivity contribution in [1.82, 2.24) is 4.90 Å². The number of rotatable bonds is 5.